The van der Waals surface area contributed by atoms with Gasteiger partial charge in [-0.1, -0.05) is 29.4 Å². The second-order valence-corrected chi connectivity index (χ2v) is 4.19. The van der Waals surface area contributed by atoms with Crippen molar-refractivity contribution in [3.05, 3.63) is 35.4 Å². The summed E-state index contributed by atoms with van der Waals surface area (Å²) >= 11 is 4.21. The standard InChI is InChI=1S/C12H16N2O2S/c15-13-12(14-5-7-16-8-6-14)11-3-1-10(9-17)2-4-11/h1-4,15,17H,5-9H2/b13-12-. The van der Waals surface area contributed by atoms with E-state index in [9.17, 15) is 0 Å². The first kappa shape index (κ1) is 12.3. The molecular formula is C12H16N2O2S. The third kappa shape index (κ3) is 2.92. The highest BCUT2D eigenvalue weighted by Gasteiger charge is 2.17. The van der Waals surface area contributed by atoms with Crippen molar-refractivity contribution < 1.29 is 9.94 Å². The lowest BCUT2D eigenvalue weighted by Crippen LogP contribution is -2.41. The van der Waals surface area contributed by atoms with E-state index in [0.717, 1.165) is 24.2 Å². The van der Waals surface area contributed by atoms with Crippen LogP contribution in [0.15, 0.2) is 29.4 Å². The molecule has 0 aliphatic carbocycles. The first-order chi connectivity index (χ1) is 8.35. The Bertz CT molecular complexity index is 386. The van der Waals surface area contributed by atoms with E-state index in [4.69, 9.17) is 9.94 Å². The number of oxime groups is 1. The predicted octanol–water partition coefficient (Wildman–Crippen LogP) is 1.58. The summed E-state index contributed by atoms with van der Waals surface area (Å²) in [5.41, 5.74) is 2.07. The van der Waals surface area contributed by atoms with Gasteiger partial charge in [-0.15, -0.1) is 0 Å². The second-order valence-electron chi connectivity index (χ2n) is 3.88. The molecule has 1 aliphatic rings. The maximum Gasteiger partial charge on any atom is 0.175 e. The number of rotatable bonds is 2. The molecule has 1 N–H and O–H groups in total. The normalized spacial score (nSPS) is 17.2. The van der Waals surface area contributed by atoms with Crippen LogP contribution in [0.3, 0.4) is 0 Å². The molecular weight excluding hydrogens is 236 g/mol. The van der Waals surface area contributed by atoms with Crippen LogP contribution in [0.5, 0.6) is 0 Å². The summed E-state index contributed by atoms with van der Waals surface area (Å²) in [6, 6.07) is 7.90. The van der Waals surface area contributed by atoms with Crippen molar-refractivity contribution in [2.45, 2.75) is 5.75 Å². The number of ether oxygens (including phenoxy) is 1. The van der Waals surface area contributed by atoms with E-state index >= 15 is 0 Å². The van der Waals surface area contributed by atoms with Crippen molar-refractivity contribution >= 4 is 18.5 Å². The molecule has 4 nitrogen and oxygen atoms in total. The summed E-state index contributed by atoms with van der Waals surface area (Å²) in [4.78, 5) is 2.03. The molecule has 0 bridgehead atoms. The lowest BCUT2D eigenvalue weighted by Gasteiger charge is -2.29. The number of benzene rings is 1. The van der Waals surface area contributed by atoms with Crippen LogP contribution < -0.4 is 0 Å². The van der Waals surface area contributed by atoms with E-state index in [1.54, 1.807) is 0 Å². The highest BCUT2D eigenvalue weighted by atomic mass is 32.1. The van der Waals surface area contributed by atoms with Crippen LogP contribution in [0, 0.1) is 0 Å². The molecule has 1 aromatic rings. The van der Waals surface area contributed by atoms with Gasteiger partial charge < -0.3 is 14.8 Å². The highest BCUT2D eigenvalue weighted by Crippen LogP contribution is 2.11. The van der Waals surface area contributed by atoms with E-state index in [1.165, 1.54) is 0 Å². The van der Waals surface area contributed by atoms with Crippen LogP contribution in [0.2, 0.25) is 0 Å². The maximum atomic E-state index is 9.15. The molecule has 1 aromatic carbocycles. The van der Waals surface area contributed by atoms with Crippen LogP contribution in [-0.4, -0.2) is 42.2 Å². The van der Waals surface area contributed by atoms with E-state index in [1.807, 2.05) is 29.2 Å². The zero-order chi connectivity index (χ0) is 12.1. The fraction of sp³-hybridized carbons (Fsp3) is 0.417. The van der Waals surface area contributed by atoms with Crippen molar-refractivity contribution in [3.63, 3.8) is 0 Å². The number of amidine groups is 1. The Morgan fingerprint density at radius 1 is 1.29 bits per heavy atom. The number of hydrogen-bond acceptors (Lipinski definition) is 4. The lowest BCUT2D eigenvalue weighted by atomic mass is 10.1. The molecule has 0 saturated carbocycles. The molecule has 1 fully saturated rings. The average molecular weight is 252 g/mol. The summed E-state index contributed by atoms with van der Waals surface area (Å²) < 4.78 is 5.28. The molecule has 2 rings (SSSR count). The Hall–Kier alpha value is -1.20. The number of hydrogen-bond donors (Lipinski definition) is 2. The summed E-state index contributed by atoms with van der Waals surface area (Å²) in [5, 5.41) is 12.6. The molecule has 5 heteroatoms. The molecule has 1 aliphatic heterocycles. The Balaban J connectivity index is 2.16. The van der Waals surface area contributed by atoms with Gasteiger partial charge in [-0.25, -0.2) is 0 Å². The van der Waals surface area contributed by atoms with Crippen LogP contribution in [0.25, 0.3) is 0 Å². The van der Waals surface area contributed by atoms with Gasteiger partial charge in [-0.2, -0.15) is 12.6 Å². The van der Waals surface area contributed by atoms with Gasteiger partial charge in [0.1, 0.15) is 0 Å². The Labute approximate surface area is 106 Å². The summed E-state index contributed by atoms with van der Waals surface area (Å²) in [5.74, 6) is 1.32. The molecule has 0 unspecified atom stereocenters. The Morgan fingerprint density at radius 3 is 2.47 bits per heavy atom. The van der Waals surface area contributed by atoms with E-state index in [-0.39, 0.29) is 0 Å². The van der Waals surface area contributed by atoms with Crippen LogP contribution in [0.1, 0.15) is 11.1 Å². The van der Waals surface area contributed by atoms with Crippen LogP contribution in [0.4, 0.5) is 0 Å². The third-order valence-electron chi connectivity index (χ3n) is 2.80. The number of nitrogens with zero attached hydrogens (tertiary/aromatic N) is 2. The Morgan fingerprint density at radius 2 is 1.94 bits per heavy atom. The maximum absolute atomic E-state index is 9.15. The number of thiol groups is 1. The van der Waals surface area contributed by atoms with Crippen molar-refractivity contribution in [1.82, 2.24) is 4.90 Å². The SMILES string of the molecule is O/N=C(/c1ccc(CS)cc1)N1CCOCC1. The first-order valence-electron chi connectivity index (χ1n) is 5.60. The minimum absolute atomic E-state index is 0.610. The summed E-state index contributed by atoms with van der Waals surface area (Å²) in [6.07, 6.45) is 0. The van der Waals surface area contributed by atoms with Gasteiger partial charge in [0.05, 0.1) is 13.2 Å². The molecule has 0 atom stereocenters. The fourth-order valence-corrected chi connectivity index (χ4v) is 2.05. The third-order valence-corrected chi connectivity index (χ3v) is 3.17. The molecule has 0 spiro atoms. The van der Waals surface area contributed by atoms with Crippen molar-refractivity contribution in [2.75, 3.05) is 26.3 Å². The minimum atomic E-state index is 0.610. The van der Waals surface area contributed by atoms with Gasteiger partial charge >= 0.3 is 0 Å². The molecule has 0 amide bonds. The topological polar surface area (TPSA) is 45.1 Å². The summed E-state index contributed by atoms with van der Waals surface area (Å²) in [6.45, 7) is 2.86. The van der Waals surface area contributed by atoms with Crippen LogP contribution in [-0.2, 0) is 10.5 Å². The van der Waals surface area contributed by atoms with Gasteiger partial charge in [-0.05, 0) is 5.56 Å². The largest absolute Gasteiger partial charge is 0.409 e. The highest BCUT2D eigenvalue weighted by molar-refractivity contribution is 7.79. The fourth-order valence-electron chi connectivity index (χ4n) is 1.84. The van der Waals surface area contributed by atoms with E-state index < -0.39 is 0 Å². The second kappa shape index (κ2) is 5.93. The predicted molar refractivity (Wildman–Crippen MR) is 69.8 cm³/mol. The van der Waals surface area contributed by atoms with Gasteiger partial charge in [0.2, 0.25) is 0 Å². The average Bonchev–Trinajstić information content (AvgIpc) is 2.42. The quantitative estimate of drug-likeness (QED) is 0.276. The van der Waals surface area contributed by atoms with E-state index in [2.05, 4.69) is 17.8 Å². The van der Waals surface area contributed by atoms with Gasteiger partial charge in [0, 0.05) is 24.4 Å². The van der Waals surface area contributed by atoms with Crippen molar-refractivity contribution in [2.24, 2.45) is 5.16 Å². The molecule has 1 heterocycles. The van der Waals surface area contributed by atoms with Gasteiger partial charge in [0.15, 0.2) is 5.84 Å². The molecule has 17 heavy (non-hydrogen) atoms. The zero-order valence-corrected chi connectivity index (χ0v) is 10.4. The van der Waals surface area contributed by atoms with Crippen molar-refractivity contribution in [1.29, 1.82) is 0 Å². The molecule has 92 valence electrons. The first-order valence-corrected chi connectivity index (χ1v) is 6.23. The van der Waals surface area contributed by atoms with Gasteiger partial charge in [-0.3, -0.25) is 0 Å². The summed E-state index contributed by atoms with van der Waals surface area (Å²) in [7, 11) is 0. The zero-order valence-electron chi connectivity index (χ0n) is 9.54. The van der Waals surface area contributed by atoms with Crippen molar-refractivity contribution in [3.8, 4) is 0 Å². The lowest BCUT2D eigenvalue weighted by molar-refractivity contribution is 0.0668. The minimum Gasteiger partial charge on any atom is -0.409 e. The number of morpholine rings is 1. The van der Waals surface area contributed by atoms with E-state index in [0.29, 0.717) is 24.8 Å². The monoisotopic (exact) mass is 252 g/mol. The molecule has 0 radical (unpaired) electrons. The smallest absolute Gasteiger partial charge is 0.175 e. The Kier molecular flexibility index (Phi) is 4.28. The molecule has 0 aromatic heterocycles. The molecule has 1 saturated heterocycles. The van der Waals surface area contributed by atoms with Gasteiger partial charge in [0.25, 0.3) is 0 Å². The van der Waals surface area contributed by atoms with Crippen LogP contribution >= 0.6 is 12.6 Å².